The summed E-state index contributed by atoms with van der Waals surface area (Å²) < 4.78 is 24.8. The minimum Gasteiger partial charge on any atom is -0.760 e. The van der Waals surface area contributed by atoms with Crippen molar-refractivity contribution in [2.75, 3.05) is 32.7 Å². The van der Waals surface area contributed by atoms with Crippen molar-refractivity contribution in [2.45, 2.75) is 51.6 Å². The molecule has 37 heavy (non-hydrogen) atoms. The van der Waals surface area contributed by atoms with Crippen molar-refractivity contribution >= 4 is 33.9 Å². The van der Waals surface area contributed by atoms with E-state index < -0.39 is 22.7 Å². The first-order chi connectivity index (χ1) is 17.6. The molecule has 1 heterocycles. The number of amides is 2. The Morgan fingerprint density at radius 2 is 1.86 bits per heavy atom. The molecule has 0 bridgehead atoms. The van der Waals surface area contributed by atoms with E-state index in [4.69, 9.17) is 6.42 Å². The van der Waals surface area contributed by atoms with E-state index in [1.54, 1.807) is 13.8 Å². The summed E-state index contributed by atoms with van der Waals surface area (Å²) >= 11 is -2.54. The van der Waals surface area contributed by atoms with E-state index in [1.165, 1.54) is 16.3 Å². The number of terminal acetylenes is 1. The average Bonchev–Trinajstić information content (AvgIpc) is 2.86. The third kappa shape index (κ3) is 8.37. The molecule has 0 aliphatic carbocycles. The van der Waals surface area contributed by atoms with E-state index in [9.17, 15) is 18.4 Å². The van der Waals surface area contributed by atoms with E-state index in [-0.39, 0.29) is 37.5 Å². The molecule has 2 unspecified atom stereocenters. The summed E-state index contributed by atoms with van der Waals surface area (Å²) in [5.41, 5.74) is 0.709. The molecule has 0 saturated carbocycles. The Morgan fingerprint density at radius 3 is 2.54 bits per heavy atom. The number of hydrogen-bond donors (Lipinski definition) is 2. The molecule has 1 aliphatic heterocycles. The van der Waals surface area contributed by atoms with E-state index in [0.29, 0.717) is 6.42 Å². The minimum atomic E-state index is -2.54. The lowest BCUT2D eigenvalue weighted by atomic mass is 9.93. The Balaban J connectivity index is 1.48. The maximum atomic E-state index is 12.4. The van der Waals surface area contributed by atoms with Gasteiger partial charge in [0.15, 0.2) is 0 Å². The van der Waals surface area contributed by atoms with Gasteiger partial charge in [-0.15, -0.1) is 12.3 Å². The van der Waals surface area contributed by atoms with Gasteiger partial charge < -0.3 is 15.2 Å². The zero-order valence-corrected chi connectivity index (χ0v) is 22.7. The number of fused-ring (bicyclic) bond motifs is 1. The maximum absolute atomic E-state index is 12.4. The van der Waals surface area contributed by atoms with Crippen molar-refractivity contribution in [2.24, 2.45) is 5.92 Å². The number of piperidine rings is 1. The molecule has 3 rings (SSSR count). The van der Waals surface area contributed by atoms with Gasteiger partial charge in [-0.1, -0.05) is 42.5 Å². The van der Waals surface area contributed by atoms with Gasteiger partial charge in [0.05, 0.1) is 13.1 Å². The van der Waals surface area contributed by atoms with Crippen LogP contribution in [0.3, 0.4) is 0 Å². The van der Waals surface area contributed by atoms with Crippen molar-refractivity contribution in [3.05, 3.63) is 48.0 Å². The van der Waals surface area contributed by atoms with Crippen LogP contribution in [0.4, 0.5) is 0 Å². The van der Waals surface area contributed by atoms with Gasteiger partial charge in [0.1, 0.15) is 0 Å². The largest absolute Gasteiger partial charge is 0.760 e. The predicted octanol–water partition coefficient (Wildman–Crippen LogP) is 2.74. The van der Waals surface area contributed by atoms with Gasteiger partial charge in [-0.3, -0.25) is 18.7 Å². The number of carbonyl (C=O) groups excluding carboxylic acids is 2. The minimum absolute atomic E-state index is 0.162. The van der Waals surface area contributed by atoms with Crippen molar-refractivity contribution < 1.29 is 18.4 Å². The Hall–Kier alpha value is -2.77. The number of nitrogens with zero attached hydrogens (tertiary/aromatic N) is 2. The zero-order valence-electron chi connectivity index (χ0n) is 21.9. The molecule has 1 fully saturated rings. The molecule has 200 valence electrons. The first-order valence-electron chi connectivity index (χ1n) is 12.7. The molecule has 2 amide bonds. The van der Waals surface area contributed by atoms with Gasteiger partial charge in [0, 0.05) is 35.8 Å². The highest BCUT2D eigenvalue weighted by Gasteiger charge is 2.27. The summed E-state index contributed by atoms with van der Waals surface area (Å²) in [4.78, 5) is 26.9. The van der Waals surface area contributed by atoms with Crippen LogP contribution in [0, 0.1) is 18.3 Å². The first-order valence-corrected chi connectivity index (χ1v) is 13.7. The summed E-state index contributed by atoms with van der Waals surface area (Å²) in [5, 5.41) is 7.73. The van der Waals surface area contributed by atoms with Crippen LogP contribution in [-0.2, 0) is 20.9 Å². The Labute approximate surface area is 222 Å². The predicted molar refractivity (Wildman–Crippen MR) is 146 cm³/mol. The molecule has 0 spiro atoms. The molecule has 8 nitrogen and oxygen atoms in total. The van der Waals surface area contributed by atoms with Gasteiger partial charge in [-0.25, -0.2) is 4.31 Å². The molecule has 2 aromatic rings. The van der Waals surface area contributed by atoms with Crippen LogP contribution < -0.4 is 10.6 Å². The lowest BCUT2D eigenvalue weighted by Gasteiger charge is -2.38. The molecular formula is C28H37N4O4S-. The number of rotatable bonds is 11. The van der Waals surface area contributed by atoms with Crippen LogP contribution in [0.25, 0.3) is 10.8 Å². The molecule has 2 aromatic carbocycles. The van der Waals surface area contributed by atoms with E-state index >= 15 is 0 Å². The Kier molecular flexibility index (Phi) is 10.2. The van der Waals surface area contributed by atoms with Crippen LogP contribution in [0.15, 0.2) is 42.5 Å². The number of nitrogens with one attached hydrogen (secondary N) is 2. The van der Waals surface area contributed by atoms with Gasteiger partial charge >= 0.3 is 0 Å². The second-order valence-electron chi connectivity index (χ2n) is 10.4. The maximum Gasteiger partial charge on any atom is 0.239 e. The fourth-order valence-electron chi connectivity index (χ4n) is 4.92. The summed E-state index contributed by atoms with van der Waals surface area (Å²) in [6, 6.07) is 15.0. The van der Waals surface area contributed by atoms with Gasteiger partial charge in [0.25, 0.3) is 0 Å². The SMILES string of the molecule is C#CCC(C)(C)NC(=O)CNC(=O)CN(CC1CCN(C(C)c2cccc3ccccc23)CC1)S(=O)[O-]. The van der Waals surface area contributed by atoms with Crippen LogP contribution in [0.5, 0.6) is 0 Å². The monoisotopic (exact) mass is 525 g/mol. The third-order valence-electron chi connectivity index (χ3n) is 6.93. The number of hydrogen-bond acceptors (Lipinski definition) is 5. The molecule has 9 heteroatoms. The highest BCUT2D eigenvalue weighted by molar-refractivity contribution is 7.76. The van der Waals surface area contributed by atoms with E-state index in [0.717, 1.165) is 30.2 Å². The average molecular weight is 526 g/mol. The Morgan fingerprint density at radius 1 is 1.19 bits per heavy atom. The highest BCUT2D eigenvalue weighted by atomic mass is 32.2. The van der Waals surface area contributed by atoms with Crippen molar-refractivity contribution in [3.8, 4) is 12.3 Å². The van der Waals surface area contributed by atoms with Gasteiger partial charge in [0.2, 0.25) is 11.8 Å². The summed E-state index contributed by atoms with van der Waals surface area (Å²) in [5.74, 6) is 1.76. The highest BCUT2D eigenvalue weighted by Crippen LogP contribution is 2.31. The molecule has 2 N–H and O–H groups in total. The molecular weight excluding hydrogens is 488 g/mol. The smallest absolute Gasteiger partial charge is 0.239 e. The van der Waals surface area contributed by atoms with E-state index in [2.05, 4.69) is 64.8 Å². The standard InChI is InChI=1S/C28H38N4O4S/c1-5-15-28(3,4)30-26(33)18-29-27(34)20-32(37(35)36)19-22-13-16-31(17-14-22)21(2)24-12-8-10-23-9-6-7-11-25(23)24/h1,6-12,21-22H,13-20H2,2-4H3,(H,29,34)(H,30,33)(H,35,36)/p-1. The normalized spacial score (nSPS) is 16.8. The van der Waals surface area contributed by atoms with Crippen molar-refractivity contribution in [3.63, 3.8) is 0 Å². The summed E-state index contributed by atoms with van der Waals surface area (Å²) in [6.45, 7) is 7.24. The summed E-state index contributed by atoms with van der Waals surface area (Å²) in [6.07, 6.45) is 7.35. The van der Waals surface area contributed by atoms with Crippen molar-refractivity contribution in [1.29, 1.82) is 0 Å². The zero-order chi connectivity index (χ0) is 27.0. The van der Waals surface area contributed by atoms with E-state index in [1.807, 2.05) is 6.07 Å². The topological polar surface area (TPSA) is 105 Å². The first kappa shape index (κ1) is 28.8. The second kappa shape index (κ2) is 13.2. The van der Waals surface area contributed by atoms with Crippen LogP contribution >= 0.6 is 0 Å². The molecule has 1 saturated heterocycles. The van der Waals surface area contributed by atoms with Crippen LogP contribution in [0.2, 0.25) is 0 Å². The number of benzene rings is 2. The lowest BCUT2D eigenvalue weighted by molar-refractivity contribution is -0.127. The van der Waals surface area contributed by atoms with Crippen LogP contribution in [0.1, 0.15) is 51.6 Å². The third-order valence-corrected chi connectivity index (χ3v) is 7.63. The fourth-order valence-corrected chi connectivity index (χ4v) is 5.47. The second-order valence-corrected chi connectivity index (χ2v) is 11.3. The molecule has 1 aliphatic rings. The summed E-state index contributed by atoms with van der Waals surface area (Å²) in [7, 11) is 0. The number of carbonyl (C=O) groups is 2. The van der Waals surface area contributed by atoms with Gasteiger partial charge in [-0.2, -0.15) is 0 Å². The molecule has 0 radical (unpaired) electrons. The quantitative estimate of drug-likeness (QED) is 0.347. The van der Waals surface area contributed by atoms with Gasteiger partial charge in [-0.05, 0) is 69.0 Å². The molecule has 2 atom stereocenters. The lowest BCUT2D eigenvalue weighted by Crippen LogP contribution is -2.49. The molecule has 0 aromatic heterocycles. The fraction of sp³-hybridized carbons (Fsp3) is 0.500. The van der Waals surface area contributed by atoms with Crippen molar-refractivity contribution in [1.82, 2.24) is 19.8 Å². The van der Waals surface area contributed by atoms with Crippen LogP contribution in [-0.4, -0.2) is 68.0 Å². The number of likely N-dealkylation sites (tertiary alicyclic amines) is 1. The Bertz CT molecular complexity index is 1150.